The Balaban J connectivity index is 1.65. The number of carbonyl (C=O) groups is 1. The Hall–Kier alpha value is -0.970. The number of hydrogen-bond donors (Lipinski definition) is 0. The van der Waals surface area contributed by atoms with Gasteiger partial charge < -0.3 is 4.90 Å². The van der Waals surface area contributed by atoms with Gasteiger partial charge in [0.15, 0.2) is 0 Å². The molecule has 2 atom stereocenters. The molecule has 24 heavy (non-hydrogen) atoms. The van der Waals surface area contributed by atoms with Gasteiger partial charge >= 0.3 is 0 Å². The van der Waals surface area contributed by atoms with Crippen molar-refractivity contribution < 1.29 is 4.79 Å². The zero-order valence-corrected chi connectivity index (χ0v) is 16.2. The van der Waals surface area contributed by atoms with Crippen molar-refractivity contribution in [3.8, 4) is 10.4 Å². The van der Waals surface area contributed by atoms with Gasteiger partial charge in [-0.2, -0.15) is 0 Å². The normalized spacial score (nSPS) is 22.9. The Morgan fingerprint density at radius 1 is 1.21 bits per heavy atom. The maximum Gasteiger partial charge on any atom is 0.263 e. The fourth-order valence-electron chi connectivity index (χ4n) is 3.81. The van der Waals surface area contributed by atoms with Crippen molar-refractivity contribution >= 4 is 40.6 Å². The molecule has 2 aliphatic rings. The molecule has 1 aromatic carbocycles. The number of amides is 1. The second-order valence-corrected chi connectivity index (χ2v) is 9.56. The summed E-state index contributed by atoms with van der Waals surface area (Å²) in [6.45, 7) is 6.25. The monoisotopic (exact) mass is 377 g/mol. The van der Waals surface area contributed by atoms with Crippen LogP contribution in [0.25, 0.3) is 10.4 Å². The van der Waals surface area contributed by atoms with Crippen molar-refractivity contribution in [3.05, 3.63) is 39.7 Å². The van der Waals surface area contributed by atoms with E-state index in [2.05, 4.69) is 26.0 Å². The average Bonchev–Trinajstić information content (AvgIpc) is 2.97. The van der Waals surface area contributed by atoms with Gasteiger partial charge in [-0.25, -0.2) is 0 Å². The van der Waals surface area contributed by atoms with E-state index in [-0.39, 0.29) is 5.91 Å². The molecule has 4 rings (SSSR count). The first-order valence-corrected chi connectivity index (χ1v) is 10.5. The zero-order chi connectivity index (χ0) is 16.8. The van der Waals surface area contributed by atoms with Crippen LogP contribution in [0.3, 0.4) is 0 Å². The third-order valence-electron chi connectivity index (χ3n) is 4.75. The SMILES string of the molecule is CC1CC(C)CN(C(=O)c2cc3c(s2)-c2ccc(Cl)cc2SC3)C1. The number of benzene rings is 1. The standard InChI is InChI=1S/C19H20ClNOS2/c1-11-5-12(2)9-21(8-11)19(22)17-6-13-10-23-16-7-14(20)3-4-15(16)18(13)24-17/h3-4,6-7,11-12H,5,8-10H2,1-2H3. The van der Waals surface area contributed by atoms with Crippen LogP contribution in [-0.4, -0.2) is 23.9 Å². The molecule has 2 aromatic rings. The molecule has 5 heteroatoms. The van der Waals surface area contributed by atoms with Gasteiger partial charge in [0.2, 0.25) is 0 Å². The molecule has 0 bridgehead atoms. The maximum absolute atomic E-state index is 13.0. The van der Waals surface area contributed by atoms with E-state index in [1.54, 1.807) is 23.1 Å². The molecule has 2 unspecified atom stereocenters. The number of halogens is 1. The Bertz CT molecular complexity index is 791. The summed E-state index contributed by atoms with van der Waals surface area (Å²) in [5.74, 6) is 2.30. The van der Waals surface area contributed by atoms with E-state index in [1.807, 2.05) is 17.0 Å². The lowest BCUT2D eigenvalue weighted by atomic mass is 9.92. The Kier molecular flexibility index (Phi) is 4.40. The van der Waals surface area contributed by atoms with Gasteiger partial charge in [0.25, 0.3) is 5.91 Å². The number of likely N-dealkylation sites (tertiary alicyclic amines) is 1. The lowest BCUT2D eigenvalue weighted by Gasteiger charge is -2.34. The van der Waals surface area contributed by atoms with Crippen LogP contribution in [0.1, 0.15) is 35.5 Å². The zero-order valence-electron chi connectivity index (χ0n) is 13.8. The highest BCUT2D eigenvalue weighted by atomic mass is 35.5. The van der Waals surface area contributed by atoms with Crippen molar-refractivity contribution in [1.29, 1.82) is 0 Å². The molecule has 126 valence electrons. The number of fused-ring (bicyclic) bond motifs is 3. The summed E-state index contributed by atoms with van der Waals surface area (Å²) in [7, 11) is 0. The van der Waals surface area contributed by atoms with Crippen LogP contribution in [-0.2, 0) is 5.75 Å². The van der Waals surface area contributed by atoms with Crippen molar-refractivity contribution in [2.45, 2.75) is 30.9 Å². The Morgan fingerprint density at radius 3 is 2.71 bits per heavy atom. The van der Waals surface area contributed by atoms with Gasteiger partial charge in [-0.3, -0.25) is 4.79 Å². The van der Waals surface area contributed by atoms with Crippen LogP contribution in [0.5, 0.6) is 0 Å². The molecule has 0 radical (unpaired) electrons. The first-order valence-electron chi connectivity index (χ1n) is 8.36. The first kappa shape index (κ1) is 16.5. The molecule has 3 heterocycles. The average molecular weight is 378 g/mol. The van der Waals surface area contributed by atoms with E-state index < -0.39 is 0 Å². The van der Waals surface area contributed by atoms with Crippen molar-refractivity contribution in [1.82, 2.24) is 4.90 Å². The third kappa shape index (κ3) is 3.00. The minimum atomic E-state index is 0.202. The van der Waals surface area contributed by atoms with Gasteiger partial charge in [-0.15, -0.1) is 23.1 Å². The van der Waals surface area contributed by atoms with Gasteiger partial charge in [0, 0.05) is 39.2 Å². The summed E-state index contributed by atoms with van der Waals surface area (Å²) >= 11 is 9.56. The summed E-state index contributed by atoms with van der Waals surface area (Å²) in [6.07, 6.45) is 1.22. The van der Waals surface area contributed by atoms with E-state index in [9.17, 15) is 4.79 Å². The summed E-state index contributed by atoms with van der Waals surface area (Å²) in [5, 5.41) is 0.772. The summed E-state index contributed by atoms with van der Waals surface area (Å²) < 4.78 is 0. The lowest BCUT2D eigenvalue weighted by molar-refractivity contribution is 0.0628. The topological polar surface area (TPSA) is 20.3 Å². The predicted molar refractivity (Wildman–Crippen MR) is 103 cm³/mol. The lowest BCUT2D eigenvalue weighted by Crippen LogP contribution is -2.42. The smallest absolute Gasteiger partial charge is 0.263 e. The quantitative estimate of drug-likeness (QED) is 0.626. The van der Waals surface area contributed by atoms with E-state index in [0.29, 0.717) is 11.8 Å². The summed E-state index contributed by atoms with van der Waals surface area (Å²) in [4.78, 5) is 18.4. The fraction of sp³-hybridized carbons (Fsp3) is 0.421. The van der Waals surface area contributed by atoms with Crippen molar-refractivity contribution in [3.63, 3.8) is 0 Å². The number of rotatable bonds is 1. The molecule has 0 spiro atoms. The molecule has 2 nitrogen and oxygen atoms in total. The van der Waals surface area contributed by atoms with Crippen LogP contribution in [0.15, 0.2) is 29.2 Å². The number of thiophene rings is 1. The summed E-state index contributed by atoms with van der Waals surface area (Å²) in [6, 6.07) is 8.15. The minimum absolute atomic E-state index is 0.202. The highest BCUT2D eigenvalue weighted by Gasteiger charge is 2.29. The molecule has 1 saturated heterocycles. The molecular weight excluding hydrogens is 358 g/mol. The second kappa shape index (κ2) is 6.40. The molecule has 2 aliphatic heterocycles. The number of nitrogens with zero attached hydrogens (tertiary/aromatic N) is 1. The van der Waals surface area contributed by atoms with Gasteiger partial charge in [-0.05, 0) is 42.0 Å². The fourth-order valence-corrected chi connectivity index (χ4v) is 6.47. The molecule has 1 aromatic heterocycles. The van der Waals surface area contributed by atoms with E-state index >= 15 is 0 Å². The van der Waals surface area contributed by atoms with E-state index in [0.717, 1.165) is 28.7 Å². The highest BCUT2D eigenvalue weighted by molar-refractivity contribution is 7.98. The third-order valence-corrected chi connectivity index (χ3v) is 7.29. The number of carbonyl (C=O) groups excluding carboxylic acids is 1. The van der Waals surface area contributed by atoms with Gasteiger partial charge in [-0.1, -0.05) is 31.5 Å². The number of thioether (sulfide) groups is 1. The second-order valence-electron chi connectivity index (χ2n) is 7.05. The van der Waals surface area contributed by atoms with Gasteiger partial charge in [0.05, 0.1) is 4.88 Å². The van der Waals surface area contributed by atoms with Crippen LogP contribution in [0, 0.1) is 11.8 Å². The maximum atomic E-state index is 13.0. The number of hydrogen-bond acceptors (Lipinski definition) is 3. The first-order chi connectivity index (χ1) is 11.5. The van der Waals surface area contributed by atoms with E-state index in [1.165, 1.54) is 27.3 Å². The van der Waals surface area contributed by atoms with E-state index in [4.69, 9.17) is 11.6 Å². The predicted octanol–water partition coefficient (Wildman–Crippen LogP) is 5.79. The molecule has 1 fully saturated rings. The van der Waals surface area contributed by atoms with Crippen LogP contribution in [0.4, 0.5) is 0 Å². The Labute approximate surface area is 156 Å². The van der Waals surface area contributed by atoms with Crippen LogP contribution in [0.2, 0.25) is 5.02 Å². The molecule has 0 saturated carbocycles. The highest BCUT2D eigenvalue weighted by Crippen LogP contribution is 2.46. The largest absolute Gasteiger partial charge is 0.337 e. The minimum Gasteiger partial charge on any atom is -0.337 e. The summed E-state index contributed by atoms with van der Waals surface area (Å²) in [5.41, 5.74) is 2.50. The number of piperidine rings is 1. The van der Waals surface area contributed by atoms with Crippen LogP contribution < -0.4 is 0 Å². The van der Waals surface area contributed by atoms with Crippen molar-refractivity contribution in [2.75, 3.05) is 13.1 Å². The molecular formula is C19H20ClNOS2. The molecule has 1 amide bonds. The van der Waals surface area contributed by atoms with Crippen molar-refractivity contribution in [2.24, 2.45) is 11.8 Å². The van der Waals surface area contributed by atoms with Crippen LogP contribution >= 0.6 is 34.7 Å². The molecule has 0 aliphatic carbocycles. The van der Waals surface area contributed by atoms with Gasteiger partial charge in [0.1, 0.15) is 0 Å². The molecule has 0 N–H and O–H groups in total. The Morgan fingerprint density at radius 2 is 1.96 bits per heavy atom.